The van der Waals surface area contributed by atoms with Crippen LogP contribution in [0.2, 0.25) is 0 Å². The van der Waals surface area contributed by atoms with Crippen molar-refractivity contribution in [2.24, 2.45) is 5.73 Å². The fraction of sp³-hybridized carbons (Fsp3) is 0.333. The number of amides is 2. The lowest BCUT2D eigenvalue weighted by atomic mass is 10.3. The minimum atomic E-state index is -0.472. The van der Waals surface area contributed by atoms with Crippen molar-refractivity contribution in [3.05, 3.63) is 23.8 Å². The van der Waals surface area contributed by atoms with Crippen molar-refractivity contribution in [1.29, 1.82) is 0 Å². The van der Waals surface area contributed by atoms with E-state index in [1.807, 2.05) is 0 Å². The quantitative estimate of drug-likeness (QED) is 0.606. The third-order valence-electron chi connectivity index (χ3n) is 1.39. The van der Waals surface area contributed by atoms with Crippen molar-refractivity contribution in [2.45, 2.75) is 13.8 Å². The number of allylic oxidation sites excluding steroid dienone is 1. The number of hydrogen-bond donors (Lipinski definition) is 2. The van der Waals surface area contributed by atoms with Gasteiger partial charge in [-0.05, 0) is 19.9 Å². The summed E-state index contributed by atoms with van der Waals surface area (Å²) >= 11 is 0. The number of hydrogen-bond acceptors (Lipinski definition) is 2. The summed E-state index contributed by atoms with van der Waals surface area (Å²) in [5.41, 5.74) is 5.42. The summed E-state index contributed by atoms with van der Waals surface area (Å²) in [6, 6.07) is 0. The van der Waals surface area contributed by atoms with Gasteiger partial charge in [0.05, 0.1) is 0 Å². The molecule has 0 spiro atoms. The van der Waals surface area contributed by atoms with Crippen molar-refractivity contribution >= 4 is 11.8 Å². The Morgan fingerprint density at radius 2 is 2.08 bits per heavy atom. The maximum atomic E-state index is 10.9. The molecule has 0 heterocycles. The van der Waals surface area contributed by atoms with Crippen molar-refractivity contribution < 1.29 is 9.59 Å². The van der Waals surface area contributed by atoms with E-state index < -0.39 is 5.91 Å². The van der Waals surface area contributed by atoms with E-state index in [1.54, 1.807) is 26.0 Å². The van der Waals surface area contributed by atoms with Crippen LogP contribution in [0.3, 0.4) is 0 Å². The Balaban J connectivity index is 3.85. The van der Waals surface area contributed by atoms with Crippen molar-refractivity contribution in [1.82, 2.24) is 5.32 Å². The maximum absolute atomic E-state index is 10.9. The van der Waals surface area contributed by atoms with E-state index in [4.69, 9.17) is 5.73 Å². The molecule has 0 fully saturated rings. The van der Waals surface area contributed by atoms with Crippen LogP contribution in [-0.2, 0) is 9.59 Å². The number of nitrogens with one attached hydrogen (secondary N) is 1. The van der Waals surface area contributed by atoms with Gasteiger partial charge in [0.1, 0.15) is 0 Å². The number of primary amides is 1. The molecule has 0 aliphatic rings. The average Bonchev–Trinajstić information content (AvgIpc) is 2.04. The topological polar surface area (TPSA) is 72.2 Å². The molecule has 0 aliphatic carbocycles. The molecule has 0 rings (SSSR count). The van der Waals surface area contributed by atoms with Crippen LogP contribution in [0.5, 0.6) is 0 Å². The Bertz CT molecular complexity index is 254. The van der Waals surface area contributed by atoms with E-state index in [1.165, 1.54) is 6.08 Å². The highest BCUT2D eigenvalue weighted by Gasteiger charge is 1.96. The Hall–Kier alpha value is -1.58. The summed E-state index contributed by atoms with van der Waals surface area (Å²) in [6.07, 6.45) is 4.62. The summed E-state index contributed by atoms with van der Waals surface area (Å²) in [7, 11) is 0. The van der Waals surface area contributed by atoms with E-state index >= 15 is 0 Å². The highest BCUT2D eigenvalue weighted by atomic mass is 16.1. The van der Waals surface area contributed by atoms with Gasteiger partial charge in [0, 0.05) is 12.1 Å². The third-order valence-corrected chi connectivity index (χ3v) is 1.39. The highest BCUT2D eigenvalue weighted by molar-refractivity contribution is 5.91. The van der Waals surface area contributed by atoms with Gasteiger partial charge in [-0.3, -0.25) is 9.59 Å². The van der Waals surface area contributed by atoms with E-state index in [9.17, 15) is 9.59 Å². The molecule has 0 unspecified atom stereocenters. The molecule has 0 aromatic carbocycles. The molecule has 0 aromatic rings. The van der Waals surface area contributed by atoms with Crippen LogP contribution in [0, 0.1) is 0 Å². The number of rotatable bonds is 4. The molecule has 0 radical (unpaired) electrons. The Kier molecular flexibility index (Phi) is 5.27. The summed E-state index contributed by atoms with van der Waals surface area (Å²) in [6.45, 7) is 3.67. The standard InChI is InChI=1S/C9H14N2O2/c1-3-4-8(12)11-6-5-7(2)9(10)13/h3-5H,6H2,1-2H3,(H2,10,13)(H,11,12). The average molecular weight is 182 g/mol. The Morgan fingerprint density at radius 3 is 2.54 bits per heavy atom. The van der Waals surface area contributed by atoms with E-state index in [2.05, 4.69) is 5.32 Å². The van der Waals surface area contributed by atoms with Gasteiger partial charge in [0.2, 0.25) is 11.8 Å². The smallest absolute Gasteiger partial charge is 0.244 e. The van der Waals surface area contributed by atoms with E-state index in [0.717, 1.165) is 0 Å². The van der Waals surface area contributed by atoms with E-state index in [-0.39, 0.29) is 5.91 Å². The summed E-state index contributed by atoms with van der Waals surface area (Å²) in [5, 5.41) is 2.56. The number of carbonyl (C=O) groups is 2. The van der Waals surface area contributed by atoms with Crippen LogP contribution in [0.25, 0.3) is 0 Å². The van der Waals surface area contributed by atoms with Crippen LogP contribution in [0.1, 0.15) is 13.8 Å². The molecule has 4 nitrogen and oxygen atoms in total. The van der Waals surface area contributed by atoms with Crippen LogP contribution in [-0.4, -0.2) is 18.4 Å². The Morgan fingerprint density at radius 1 is 1.46 bits per heavy atom. The Labute approximate surface area is 77.5 Å². The first-order valence-corrected chi connectivity index (χ1v) is 3.95. The van der Waals surface area contributed by atoms with Crippen molar-refractivity contribution in [3.8, 4) is 0 Å². The number of nitrogens with two attached hydrogens (primary N) is 1. The van der Waals surface area contributed by atoms with Gasteiger partial charge in [-0.15, -0.1) is 0 Å². The normalized spacial score (nSPS) is 11.7. The molecule has 0 saturated carbocycles. The first kappa shape index (κ1) is 11.4. The van der Waals surface area contributed by atoms with Crippen LogP contribution >= 0.6 is 0 Å². The minimum absolute atomic E-state index is 0.184. The largest absolute Gasteiger partial charge is 0.366 e. The van der Waals surface area contributed by atoms with Crippen molar-refractivity contribution in [2.75, 3.05) is 6.54 Å². The van der Waals surface area contributed by atoms with Gasteiger partial charge in [-0.25, -0.2) is 0 Å². The summed E-state index contributed by atoms with van der Waals surface area (Å²) in [4.78, 5) is 21.4. The SMILES string of the molecule is CC=CC(=O)NCC=C(C)C(N)=O. The molecular formula is C9H14N2O2. The van der Waals surface area contributed by atoms with Crippen LogP contribution in [0.15, 0.2) is 23.8 Å². The molecule has 0 atom stereocenters. The van der Waals surface area contributed by atoms with Gasteiger partial charge < -0.3 is 11.1 Å². The maximum Gasteiger partial charge on any atom is 0.244 e. The second-order valence-corrected chi connectivity index (χ2v) is 2.50. The molecule has 0 saturated heterocycles. The molecule has 3 N–H and O–H groups in total. The molecular weight excluding hydrogens is 168 g/mol. The molecule has 0 aliphatic heterocycles. The monoisotopic (exact) mass is 182 g/mol. The fourth-order valence-electron chi connectivity index (χ4n) is 0.616. The molecule has 2 amide bonds. The summed E-state index contributed by atoms with van der Waals surface area (Å²) in [5.74, 6) is -0.656. The predicted molar refractivity (Wildman–Crippen MR) is 50.8 cm³/mol. The fourth-order valence-corrected chi connectivity index (χ4v) is 0.616. The van der Waals surface area contributed by atoms with Gasteiger partial charge in [0.15, 0.2) is 0 Å². The van der Waals surface area contributed by atoms with E-state index in [0.29, 0.717) is 12.1 Å². The second-order valence-electron chi connectivity index (χ2n) is 2.50. The lowest BCUT2D eigenvalue weighted by molar-refractivity contribution is -0.116. The zero-order valence-electron chi connectivity index (χ0n) is 7.83. The highest BCUT2D eigenvalue weighted by Crippen LogP contribution is 1.87. The lowest BCUT2D eigenvalue weighted by Crippen LogP contribution is -2.22. The minimum Gasteiger partial charge on any atom is -0.366 e. The predicted octanol–water partition coefficient (Wildman–Crippen LogP) is 0.110. The van der Waals surface area contributed by atoms with Gasteiger partial charge >= 0.3 is 0 Å². The molecule has 0 bridgehead atoms. The summed E-state index contributed by atoms with van der Waals surface area (Å²) < 4.78 is 0. The molecule has 4 heteroatoms. The zero-order chi connectivity index (χ0) is 10.3. The second kappa shape index (κ2) is 5.99. The molecule has 13 heavy (non-hydrogen) atoms. The zero-order valence-corrected chi connectivity index (χ0v) is 7.83. The van der Waals surface area contributed by atoms with Gasteiger partial charge in [-0.2, -0.15) is 0 Å². The molecule has 0 aromatic heterocycles. The lowest BCUT2D eigenvalue weighted by Gasteiger charge is -1.97. The molecule has 72 valence electrons. The third kappa shape index (κ3) is 5.66. The van der Waals surface area contributed by atoms with Crippen molar-refractivity contribution in [3.63, 3.8) is 0 Å². The van der Waals surface area contributed by atoms with Crippen LogP contribution < -0.4 is 11.1 Å². The first-order chi connectivity index (χ1) is 6.07. The van der Waals surface area contributed by atoms with Crippen LogP contribution in [0.4, 0.5) is 0 Å². The first-order valence-electron chi connectivity index (χ1n) is 3.95. The van der Waals surface area contributed by atoms with Gasteiger partial charge in [0.25, 0.3) is 0 Å². The number of carbonyl (C=O) groups excluding carboxylic acids is 2. The van der Waals surface area contributed by atoms with Gasteiger partial charge in [-0.1, -0.05) is 12.2 Å².